The summed E-state index contributed by atoms with van der Waals surface area (Å²) in [5.74, 6) is 0.618. The van der Waals surface area contributed by atoms with E-state index in [9.17, 15) is 8.42 Å². The monoisotopic (exact) mass is 526 g/mol. The fourth-order valence-electron chi connectivity index (χ4n) is 2.18. The Bertz CT molecular complexity index is 814. The smallest absolute Gasteiger partial charge is 0.240 e. The first-order chi connectivity index (χ1) is 12.5. The van der Waals surface area contributed by atoms with E-state index < -0.39 is 10.0 Å². The quantitative estimate of drug-likeness (QED) is 0.200. The van der Waals surface area contributed by atoms with Crippen LogP contribution in [0.2, 0.25) is 5.02 Å². The lowest BCUT2D eigenvalue weighted by Crippen LogP contribution is -2.41. The van der Waals surface area contributed by atoms with Gasteiger partial charge >= 0.3 is 0 Å². The predicted octanol–water partition coefficient (Wildman–Crippen LogP) is 1.69. The molecular weight excluding hydrogens is 503 g/mol. The molecule has 0 bridgehead atoms. The van der Waals surface area contributed by atoms with Crippen LogP contribution < -0.4 is 15.4 Å². The summed E-state index contributed by atoms with van der Waals surface area (Å²) >= 11 is 5.83. The lowest BCUT2D eigenvalue weighted by Gasteiger charge is -2.12. The molecule has 0 atom stereocenters. The van der Waals surface area contributed by atoms with Crippen molar-refractivity contribution >= 4 is 51.6 Å². The average Bonchev–Trinajstić information content (AvgIpc) is 3.14. The highest BCUT2D eigenvalue weighted by atomic mass is 127. The molecule has 1 aromatic carbocycles. The number of rotatable bonds is 9. The molecule has 0 aliphatic heterocycles. The predicted molar refractivity (Wildman–Crippen MR) is 118 cm³/mol. The van der Waals surface area contributed by atoms with E-state index in [1.807, 2.05) is 16.9 Å². The molecule has 0 radical (unpaired) electrons. The number of aromatic nitrogens is 2. The second-order valence-electron chi connectivity index (χ2n) is 5.40. The summed E-state index contributed by atoms with van der Waals surface area (Å²) in [5.41, 5.74) is 0. The number of hydrogen-bond donors (Lipinski definition) is 3. The van der Waals surface area contributed by atoms with Gasteiger partial charge in [0.15, 0.2) is 5.96 Å². The van der Waals surface area contributed by atoms with Gasteiger partial charge < -0.3 is 10.6 Å². The summed E-state index contributed by atoms with van der Waals surface area (Å²) in [4.78, 5) is 4.25. The number of nitrogens with zero attached hydrogens (tertiary/aromatic N) is 3. The normalized spacial score (nSPS) is 11.7. The van der Waals surface area contributed by atoms with E-state index in [1.165, 1.54) is 12.1 Å². The van der Waals surface area contributed by atoms with Gasteiger partial charge in [0, 0.05) is 50.6 Å². The first kappa shape index (κ1) is 23.7. The Balaban J connectivity index is 0.00000364. The molecule has 150 valence electrons. The minimum absolute atomic E-state index is 0. The lowest BCUT2D eigenvalue weighted by molar-refractivity contribution is 0.569. The van der Waals surface area contributed by atoms with Crippen LogP contribution >= 0.6 is 35.6 Å². The average molecular weight is 527 g/mol. The number of nitrogens with one attached hydrogen (secondary N) is 3. The highest BCUT2D eigenvalue weighted by Crippen LogP contribution is 2.14. The van der Waals surface area contributed by atoms with Gasteiger partial charge in [0.25, 0.3) is 0 Å². The van der Waals surface area contributed by atoms with Crippen LogP contribution in [0, 0.1) is 0 Å². The molecule has 1 aromatic heterocycles. The maximum Gasteiger partial charge on any atom is 0.240 e. The topological polar surface area (TPSA) is 100 Å². The van der Waals surface area contributed by atoms with Crippen LogP contribution in [0.5, 0.6) is 0 Å². The summed E-state index contributed by atoms with van der Waals surface area (Å²) in [6, 6.07) is 8.03. The van der Waals surface area contributed by atoms with Crippen LogP contribution in [0.3, 0.4) is 0 Å². The molecule has 2 rings (SSSR count). The van der Waals surface area contributed by atoms with Crippen molar-refractivity contribution in [2.45, 2.75) is 17.9 Å². The molecule has 0 saturated carbocycles. The van der Waals surface area contributed by atoms with E-state index in [0.29, 0.717) is 17.5 Å². The van der Waals surface area contributed by atoms with Gasteiger partial charge in [-0.3, -0.25) is 9.67 Å². The number of halogens is 2. The molecule has 3 N–H and O–H groups in total. The van der Waals surface area contributed by atoms with Crippen LogP contribution in [0.1, 0.15) is 6.42 Å². The molecule has 2 aromatic rings. The highest BCUT2D eigenvalue weighted by Gasteiger charge is 2.13. The minimum atomic E-state index is -3.58. The third-order valence-electron chi connectivity index (χ3n) is 3.46. The van der Waals surface area contributed by atoms with Gasteiger partial charge in [-0.25, -0.2) is 13.1 Å². The Morgan fingerprint density at radius 3 is 2.67 bits per heavy atom. The molecular formula is C16H24ClIN6O2S. The summed E-state index contributed by atoms with van der Waals surface area (Å²) in [7, 11) is -1.91. The van der Waals surface area contributed by atoms with Crippen molar-refractivity contribution in [3.05, 3.63) is 47.7 Å². The third kappa shape index (κ3) is 8.45. The van der Waals surface area contributed by atoms with Gasteiger partial charge in [-0.2, -0.15) is 5.10 Å². The first-order valence-corrected chi connectivity index (χ1v) is 10.0. The first-order valence-electron chi connectivity index (χ1n) is 8.18. The summed E-state index contributed by atoms with van der Waals surface area (Å²) in [6.07, 6.45) is 4.56. The number of guanidine groups is 1. The summed E-state index contributed by atoms with van der Waals surface area (Å²) in [6.45, 7) is 2.17. The van der Waals surface area contributed by atoms with Crippen molar-refractivity contribution in [3.8, 4) is 0 Å². The van der Waals surface area contributed by atoms with Crippen molar-refractivity contribution in [1.82, 2.24) is 25.1 Å². The number of aryl methyl sites for hydroxylation is 1. The molecule has 27 heavy (non-hydrogen) atoms. The van der Waals surface area contributed by atoms with Crippen LogP contribution in [-0.4, -0.2) is 50.8 Å². The Hall–Kier alpha value is -1.37. The van der Waals surface area contributed by atoms with Crippen LogP contribution in [0.15, 0.2) is 52.6 Å². The van der Waals surface area contributed by atoms with Crippen LogP contribution in [-0.2, 0) is 16.6 Å². The molecule has 8 nitrogen and oxygen atoms in total. The number of sulfonamides is 1. The molecule has 0 amide bonds. The third-order valence-corrected chi connectivity index (χ3v) is 5.15. The number of aliphatic imine (C=N–C) groups is 1. The van der Waals surface area contributed by atoms with E-state index in [0.717, 1.165) is 19.5 Å². The fourth-order valence-corrected chi connectivity index (χ4v) is 3.52. The molecule has 0 spiro atoms. The number of benzene rings is 1. The van der Waals surface area contributed by atoms with Crippen molar-refractivity contribution in [2.75, 3.05) is 26.7 Å². The van der Waals surface area contributed by atoms with Gasteiger partial charge in [0.05, 0.1) is 4.90 Å². The van der Waals surface area contributed by atoms with Crippen LogP contribution in [0.25, 0.3) is 0 Å². The van der Waals surface area contributed by atoms with E-state index in [2.05, 4.69) is 25.4 Å². The molecule has 0 aliphatic carbocycles. The highest BCUT2D eigenvalue weighted by molar-refractivity contribution is 14.0. The zero-order chi connectivity index (χ0) is 18.8. The SMILES string of the molecule is CN=C(NCCCn1cccn1)NCCNS(=O)(=O)c1cccc(Cl)c1.I. The van der Waals surface area contributed by atoms with E-state index >= 15 is 0 Å². The van der Waals surface area contributed by atoms with Crippen molar-refractivity contribution in [3.63, 3.8) is 0 Å². The Kier molecular flexibility index (Phi) is 10.7. The summed E-state index contributed by atoms with van der Waals surface area (Å²) < 4.78 is 28.7. The van der Waals surface area contributed by atoms with Crippen LogP contribution in [0.4, 0.5) is 0 Å². The molecule has 0 fully saturated rings. The molecule has 0 saturated heterocycles. The summed E-state index contributed by atoms with van der Waals surface area (Å²) in [5, 5.41) is 10.8. The molecule has 1 heterocycles. The zero-order valence-corrected chi connectivity index (χ0v) is 18.8. The van der Waals surface area contributed by atoms with Crippen molar-refractivity contribution < 1.29 is 8.42 Å². The van der Waals surface area contributed by atoms with E-state index in [-0.39, 0.29) is 35.4 Å². The minimum Gasteiger partial charge on any atom is -0.356 e. The lowest BCUT2D eigenvalue weighted by atomic mass is 10.4. The van der Waals surface area contributed by atoms with Gasteiger partial charge in [-0.1, -0.05) is 17.7 Å². The van der Waals surface area contributed by atoms with E-state index in [4.69, 9.17) is 11.6 Å². The van der Waals surface area contributed by atoms with Gasteiger partial charge in [0.1, 0.15) is 0 Å². The standard InChI is InChI=1S/C16H23ClN6O2S.HI/c1-18-16(19-7-3-11-23-12-4-8-21-23)20-9-10-22-26(24,25)15-6-2-5-14(17)13-15;/h2,4-6,8,12-13,22H,3,7,9-11H2,1H3,(H2,18,19,20);1H. The maximum atomic E-state index is 12.2. The fraction of sp³-hybridized carbons (Fsp3) is 0.375. The second-order valence-corrected chi connectivity index (χ2v) is 7.61. The maximum absolute atomic E-state index is 12.2. The molecule has 0 unspecified atom stereocenters. The van der Waals surface area contributed by atoms with Crippen molar-refractivity contribution in [1.29, 1.82) is 0 Å². The molecule has 11 heteroatoms. The van der Waals surface area contributed by atoms with Gasteiger partial charge in [0.2, 0.25) is 10.0 Å². The Morgan fingerprint density at radius 2 is 2.00 bits per heavy atom. The Labute approximate surface area is 181 Å². The molecule has 0 aliphatic rings. The number of hydrogen-bond acceptors (Lipinski definition) is 4. The van der Waals surface area contributed by atoms with Gasteiger partial charge in [-0.05, 0) is 30.7 Å². The van der Waals surface area contributed by atoms with Crippen molar-refractivity contribution in [2.24, 2.45) is 4.99 Å². The second kappa shape index (κ2) is 12.2. The largest absolute Gasteiger partial charge is 0.356 e. The van der Waals surface area contributed by atoms with E-state index in [1.54, 1.807) is 25.4 Å². The van der Waals surface area contributed by atoms with Gasteiger partial charge in [-0.15, -0.1) is 24.0 Å². The zero-order valence-electron chi connectivity index (χ0n) is 14.9. The Morgan fingerprint density at radius 1 is 1.22 bits per heavy atom.